The van der Waals surface area contributed by atoms with E-state index in [-0.39, 0.29) is 12.2 Å². The Bertz CT molecular complexity index is 267. The van der Waals surface area contributed by atoms with Gasteiger partial charge in [0.1, 0.15) is 5.82 Å². The molecule has 0 radical (unpaired) electrons. The van der Waals surface area contributed by atoms with Gasteiger partial charge in [-0.25, -0.2) is 4.39 Å². The molecule has 1 rings (SSSR count). The normalized spacial score (nSPS) is 8.79. The Morgan fingerprint density at radius 2 is 2.07 bits per heavy atom. The van der Waals surface area contributed by atoms with E-state index in [0.717, 1.165) is 12.0 Å². The van der Waals surface area contributed by atoms with E-state index >= 15 is 0 Å². The highest BCUT2D eigenvalue weighted by Gasteiger charge is 2.04. The third-order valence-electron chi connectivity index (χ3n) is 1.76. The summed E-state index contributed by atoms with van der Waals surface area (Å²) >= 11 is 0. The molecule has 3 nitrogen and oxygen atoms in total. The highest BCUT2D eigenvalue weighted by Crippen LogP contribution is 2.10. The zero-order valence-corrected chi connectivity index (χ0v) is 8.46. The summed E-state index contributed by atoms with van der Waals surface area (Å²) in [6, 6.07) is 1.73. The smallest absolute Gasteiger partial charge is 0.204 e. The molecule has 0 saturated carbocycles. The van der Waals surface area contributed by atoms with Gasteiger partial charge in [-0.05, 0) is 24.5 Å². The quantitative estimate of drug-likeness (QED) is 0.731. The molecule has 0 bridgehead atoms. The summed E-state index contributed by atoms with van der Waals surface area (Å²) in [5, 5.41) is 0. The maximum atomic E-state index is 13.2. The average molecular weight is 198 g/mol. The fourth-order valence-electron chi connectivity index (χ4n) is 1.05. The minimum absolute atomic E-state index is 0.127. The summed E-state index contributed by atoms with van der Waals surface area (Å²) < 4.78 is 13.2. The summed E-state index contributed by atoms with van der Waals surface area (Å²) in [6.45, 7) is 3.85. The van der Waals surface area contributed by atoms with Crippen molar-refractivity contribution >= 4 is 6.41 Å². The van der Waals surface area contributed by atoms with Crippen molar-refractivity contribution in [3.8, 4) is 0 Å². The van der Waals surface area contributed by atoms with Crippen LogP contribution < -0.4 is 5.73 Å². The maximum Gasteiger partial charge on any atom is 0.204 e. The van der Waals surface area contributed by atoms with Crippen LogP contribution in [0.25, 0.3) is 0 Å². The first-order valence-corrected chi connectivity index (χ1v) is 4.48. The van der Waals surface area contributed by atoms with Crippen LogP contribution in [-0.2, 0) is 17.6 Å². The van der Waals surface area contributed by atoms with Crippen molar-refractivity contribution in [3.05, 3.63) is 29.3 Å². The molecule has 0 aliphatic heterocycles. The van der Waals surface area contributed by atoms with Gasteiger partial charge in [-0.1, -0.05) is 13.8 Å². The largest absolute Gasteiger partial charge is 0.372 e. The van der Waals surface area contributed by atoms with Gasteiger partial charge in [-0.15, -0.1) is 0 Å². The Kier molecular flexibility index (Phi) is 6.28. The number of aryl methyl sites for hydroxylation is 2. The van der Waals surface area contributed by atoms with E-state index in [4.69, 9.17) is 4.79 Å². The van der Waals surface area contributed by atoms with Gasteiger partial charge in [0.15, 0.2) is 0 Å². The molecule has 0 saturated heterocycles. The van der Waals surface area contributed by atoms with Crippen LogP contribution in [0.15, 0.2) is 12.3 Å². The molecule has 0 unspecified atom stereocenters. The van der Waals surface area contributed by atoms with Crippen molar-refractivity contribution in [2.45, 2.75) is 26.7 Å². The lowest BCUT2D eigenvalue weighted by Gasteiger charge is -2.02. The fraction of sp³-hybridized carbons (Fsp3) is 0.400. The lowest BCUT2D eigenvalue weighted by atomic mass is 10.1. The van der Waals surface area contributed by atoms with E-state index in [1.54, 1.807) is 12.3 Å². The number of rotatable bonds is 2. The molecule has 4 heteroatoms. The van der Waals surface area contributed by atoms with Crippen LogP contribution >= 0.6 is 0 Å². The van der Waals surface area contributed by atoms with E-state index in [9.17, 15) is 4.39 Å². The van der Waals surface area contributed by atoms with E-state index in [1.807, 2.05) is 13.8 Å². The van der Waals surface area contributed by atoms with Crippen molar-refractivity contribution < 1.29 is 9.18 Å². The second kappa shape index (κ2) is 7.00. The first-order chi connectivity index (χ1) is 6.71. The monoisotopic (exact) mass is 198 g/mol. The van der Waals surface area contributed by atoms with Gasteiger partial charge in [0.25, 0.3) is 0 Å². The molecule has 2 N–H and O–H groups in total. The number of nitrogens with zero attached hydrogens (tertiary/aromatic N) is 1. The highest BCUT2D eigenvalue weighted by atomic mass is 19.1. The summed E-state index contributed by atoms with van der Waals surface area (Å²) in [7, 11) is 0. The molecule has 0 atom stereocenters. The van der Waals surface area contributed by atoms with Crippen LogP contribution in [0.2, 0.25) is 0 Å². The number of amides is 1. The van der Waals surface area contributed by atoms with Gasteiger partial charge in [0.05, 0.1) is 5.69 Å². The second-order valence-electron chi connectivity index (χ2n) is 2.57. The predicted molar refractivity (Wildman–Crippen MR) is 53.2 cm³/mol. The molecule has 0 aliphatic carbocycles. The third-order valence-corrected chi connectivity index (χ3v) is 1.76. The molecule has 0 fully saturated rings. The molecule has 0 aliphatic rings. The number of carbonyl (C=O) groups is 1. The van der Waals surface area contributed by atoms with Gasteiger partial charge in [0.2, 0.25) is 6.41 Å². The highest BCUT2D eigenvalue weighted by molar-refractivity contribution is 5.42. The lowest BCUT2D eigenvalue weighted by molar-refractivity contribution is -0.106. The maximum absolute atomic E-state index is 13.2. The summed E-state index contributed by atoms with van der Waals surface area (Å²) in [5.74, 6) is -0.127. The minimum atomic E-state index is -0.127. The third kappa shape index (κ3) is 3.51. The molecule has 14 heavy (non-hydrogen) atoms. The summed E-state index contributed by atoms with van der Waals surface area (Å²) in [6.07, 6.45) is 3.32. The first-order valence-electron chi connectivity index (χ1n) is 4.48. The predicted octanol–water partition coefficient (Wildman–Crippen LogP) is 1.45. The van der Waals surface area contributed by atoms with Crippen molar-refractivity contribution in [2.24, 2.45) is 5.73 Å². The number of aromatic nitrogens is 1. The zero-order chi connectivity index (χ0) is 11.0. The molecule has 1 heterocycles. The van der Waals surface area contributed by atoms with Crippen LogP contribution in [0.3, 0.4) is 0 Å². The van der Waals surface area contributed by atoms with Crippen LogP contribution in [-0.4, -0.2) is 11.4 Å². The molecule has 1 amide bonds. The lowest BCUT2D eigenvalue weighted by Crippen LogP contribution is -1.97. The summed E-state index contributed by atoms with van der Waals surface area (Å²) in [5.41, 5.74) is 5.50. The van der Waals surface area contributed by atoms with E-state index < -0.39 is 0 Å². The van der Waals surface area contributed by atoms with E-state index in [1.165, 1.54) is 0 Å². The number of primary amides is 1. The second-order valence-corrected chi connectivity index (χ2v) is 2.57. The molecular weight excluding hydrogens is 183 g/mol. The Morgan fingerprint density at radius 3 is 2.50 bits per heavy atom. The zero-order valence-electron chi connectivity index (χ0n) is 8.46. The van der Waals surface area contributed by atoms with Crippen LogP contribution in [0.4, 0.5) is 4.39 Å². The van der Waals surface area contributed by atoms with Crippen molar-refractivity contribution in [1.29, 1.82) is 0 Å². The molecule has 1 aromatic rings. The van der Waals surface area contributed by atoms with Crippen molar-refractivity contribution in [3.63, 3.8) is 0 Å². The molecular formula is C10H15FN2O. The van der Waals surface area contributed by atoms with Gasteiger partial charge in [-0.2, -0.15) is 0 Å². The SMILES string of the molecule is CCc1ccnc(CC)c1F.NC=O. The summed E-state index contributed by atoms with van der Waals surface area (Å²) in [4.78, 5) is 12.5. The standard InChI is InChI=1S/C9H12FN.CH3NO/c1-3-7-5-6-11-8(4-2)9(7)10;2-1-3/h5-6H,3-4H2,1-2H3;1H,(H2,2,3). The van der Waals surface area contributed by atoms with Crippen molar-refractivity contribution in [1.82, 2.24) is 4.98 Å². The van der Waals surface area contributed by atoms with Gasteiger partial charge >= 0.3 is 0 Å². The van der Waals surface area contributed by atoms with E-state index in [0.29, 0.717) is 12.1 Å². The van der Waals surface area contributed by atoms with Crippen LogP contribution in [0.1, 0.15) is 25.1 Å². The average Bonchev–Trinajstić information content (AvgIpc) is 2.19. The van der Waals surface area contributed by atoms with Crippen molar-refractivity contribution in [2.75, 3.05) is 0 Å². The minimum Gasteiger partial charge on any atom is -0.372 e. The fourth-order valence-corrected chi connectivity index (χ4v) is 1.05. The number of nitrogens with two attached hydrogens (primary N) is 1. The van der Waals surface area contributed by atoms with Gasteiger partial charge in [-0.3, -0.25) is 9.78 Å². The molecule has 0 aromatic carbocycles. The molecule has 78 valence electrons. The number of halogens is 1. The van der Waals surface area contributed by atoms with Gasteiger partial charge < -0.3 is 5.73 Å². The van der Waals surface area contributed by atoms with E-state index in [2.05, 4.69) is 10.7 Å². The Morgan fingerprint density at radius 1 is 1.50 bits per heavy atom. The number of hydrogen-bond acceptors (Lipinski definition) is 2. The van der Waals surface area contributed by atoms with Crippen LogP contribution in [0, 0.1) is 5.82 Å². The molecule has 1 aromatic heterocycles. The number of pyridine rings is 1. The Balaban J connectivity index is 0.000000500. The Hall–Kier alpha value is -1.45. The van der Waals surface area contributed by atoms with Crippen LogP contribution in [0.5, 0.6) is 0 Å². The number of hydrogen-bond donors (Lipinski definition) is 1. The topological polar surface area (TPSA) is 56.0 Å². The Labute approximate surface area is 83.1 Å². The first kappa shape index (κ1) is 12.6. The number of carbonyl (C=O) groups excluding carboxylic acids is 1. The van der Waals surface area contributed by atoms with Gasteiger partial charge in [0, 0.05) is 6.20 Å². The molecule has 0 spiro atoms.